The Morgan fingerprint density at radius 2 is 1.90 bits per heavy atom. The van der Waals surface area contributed by atoms with Crippen LogP contribution in [0.5, 0.6) is 11.5 Å². The second-order valence-corrected chi connectivity index (χ2v) is 15.5. The SMILES string of the molecule is CC(=O)O[C@@]12CC[C@H](NS(=O)(=O)Cc3ccccc3CC(C)C)[C@@H]3Oc4c(O)ccc5c4[C@@]31CCN(CC1CC1)[C@@H]2C5. The summed E-state index contributed by atoms with van der Waals surface area (Å²) in [7, 11) is -3.74. The molecule has 2 aromatic rings. The summed E-state index contributed by atoms with van der Waals surface area (Å²) >= 11 is 0. The van der Waals surface area contributed by atoms with E-state index in [4.69, 9.17) is 9.47 Å². The maximum atomic E-state index is 13.8. The summed E-state index contributed by atoms with van der Waals surface area (Å²) in [6.45, 7) is 7.54. The molecule has 2 aromatic carbocycles. The van der Waals surface area contributed by atoms with Crippen molar-refractivity contribution in [3.8, 4) is 11.5 Å². The van der Waals surface area contributed by atoms with Crippen LogP contribution in [0.25, 0.3) is 0 Å². The van der Waals surface area contributed by atoms with Crippen molar-refractivity contribution in [3.05, 3.63) is 58.7 Å². The number of aromatic hydroxyl groups is 1. The predicted molar refractivity (Wildman–Crippen MR) is 159 cm³/mol. The Morgan fingerprint density at radius 3 is 2.62 bits per heavy atom. The fraction of sp³-hybridized carbons (Fsp3) is 0.606. The van der Waals surface area contributed by atoms with Gasteiger partial charge in [0.15, 0.2) is 11.5 Å². The van der Waals surface area contributed by atoms with Gasteiger partial charge in [-0.1, -0.05) is 44.2 Å². The molecule has 0 amide bonds. The lowest BCUT2D eigenvalue weighted by Gasteiger charge is -2.65. The molecule has 2 saturated carbocycles. The number of nitrogens with one attached hydrogen (secondary N) is 1. The molecular weight excluding hydrogens is 552 g/mol. The van der Waals surface area contributed by atoms with Gasteiger partial charge in [-0.25, -0.2) is 13.1 Å². The molecule has 0 unspecified atom stereocenters. The fourth-order valence-corrected chi connectivity index (χ4v) is 10.3. The lowest BCUT2D eigenvalue weighted by Crippen LogP contribution is -2.79. The van der Waals surface area contributed by atoms with Crippen LogP contribution in [0.1, 0.15) is 75.1 Å². The van der Waals surface area contributed by atoms with E-state index >= 15 is 0 Å². The maximum Gasteiger partial charge on any atom is 0.303 e. The minimum Gasteiger partial charge on any atom is -0.504 e. The van der Waals surface area contributed by atoms with Crippen molar-refractivity contribution < 1.29 is 27.8 Å². The molecule has 9 heteroatoms. The van der Waals surface area contributed by atoms with Crippen LogP contribution in [0.15, 0.2) is 36.4 Å². The van der Waals surface area contributed by atoms with E-state index < -0.39 is 33.2 Å². The van der Waals surface area contributed by atoms with Gasteiger partial charge in [-0.15, -0.1) is 0 Å². The molecule has 0 radical (unpaired) electrons. The zero-order valence-electron chi connectivity index (χ0n) is 24.8. The van der Waals surface area contributed by atoms with E-state index in [1.807, 2.05) is 30.3 Å². The summed E-state index contributed by atoms with van der Waals surface area (Å²) < 4.78 is 43.8. The molecule has 42 heavy (non-hydrogen) atoms. The molecule has 2 aliphatic heterocycles. The molecule has 2 N–H and O–H groups in total. The molecule has 2 bridgehead atoms. The number of likely N-dealkylation sites (tertiary alicyclic amines) is 1. The first kappa shape index (κ1) is 28.2. The number of benzene rings is 2. The van der Waals surface area contributed by atoms with Crippen LogP contribution in [-0.2, 0) is 43.6 Å². The first-order chi connectivity index (χ1) is 20.0. The van der Waals surface area contributed by atoms with Crippen LogP contribution in [-0.4, -0.2) is 61.3 Å². The number of hydrogen-bond acceptors (Lipinski definition) is 7. The lowest BCUT2D eigenvalue weighted by molar-refractivity contribution is -0.218. The summed E-state index contributed by atoms with van der Waals surface area (Å²) in [6.07, 6.45) is 5.08. The normalized spacial score (nSPS) is 31.5. The van der Waals surface area contributed by atoms with E-state index in [9.17, 15) is 18.3 Å². The minimum absolute atomic E-state index is 0.0229. The van der Waals surface area contributed by atoms with Gasteiger partial charge < -0.3 is 14.6 Å². The Hall–Kier alpha value is -2.62. The van der Waals surface area contributed by atoms with Gasteiger partial charge in [-0.2, -0.15) is 0 Å². The third-order valence-electron chi connectivity index (χ3n) is 10.5. The molecule has 7 rings (SSSR count). The number of esters is 1. The standard InChI is InChI=1S/C33H42N2O6S/c1-20(2)16-23-6-4-5-7-25(23)19-42(38,39)34-26-12-13-33(41-21(3)36)28-17-24-10-11-27(37)30-29(24)32(33,31(26)40-30)14-15-35(28)18-22-8-9-22/h4-7,10-11,20,22,26,28,31,34,37H,8-9,12-19H2,1-3H3/t26-,28+,31-,32-,33+/m0/s1. The Labute approximate surface area is 248 Å². The average Bonchev–Trinajstić information content (AvgIpc) is 3.66. The van der Waals surface area contributed by atoms with Crippen molar-refractivity contribution in [1.82, 2.24) is 9.62 Å². The summed E-state index contributed by atoms with van der Waals surface area (Å²) in [5.74, 6) is 1.13. The van der Waals surface area contributed by atoms with Crippen LogP contribution in [0, 0.1) is 11.8 Å². The largest absolute Gasteiger partial charge is 0.504 e. The first-order valence-electron chi connectivity index (χ1n) is 15.6. The number of hydrogen-bond donors (Lipinski definition) is 2. The summed E-state index contributed by atoms with van der Waals surface area (Å²) in [5, 5.41) is 11.0. The molecular formula is C33H42N2O6S. The number of phenols is 1. The number of nitrogens with zero attached hydrogens (tertiary/aromatic N) is 1. The summed E-state index contributed by atoms with van der Waals surface area (Å²) in [5.41, 5.74) is 2.28. The predicted octanol–water partition coefficient (Wildman–Crippen LogP) is 4.21. The fourth-order valence-electron chi connectivity index (χ4n) is 8.85. The molecule has 0 aromatic heterocycles. The topological polar surface area (TPSA) is 105 Å². The number of carbonyl (C=O) groups is 1. The molecule has 1 spiro atoms. The zero-order chi connectivity index (χ0) is 29.4. The highest BCUT2D eigenvalue weighted by atomic mass is 32.2. The van der Waals surface area contributed by atoms with Crippen molar-refractivity contribution in [3.63, 3.8) is 0 Å². The van der Waals surface area contributed by atoms with Crippen LogP contribution in [0.4, 0.5) is 0 Å². The van der Waals surface area contributed by atoms with E-state index in [0.29, 0.717) is 43.3 Å². The second kappa shape index (κ2) is 9.96. The number of phenolic OH excluding ortho intramolecular Hbond substituents is 1. The van der Waals surface area contributed by atoms with Crippen molar-refractivity contribution in [2.75, 3.05) is 13.1 Å². The average molecular weight is 595 g/mol. The number of carbonyl (C=O) groups excluding carboxylic acids is 1. The number of sulfonamides is 1. The molecule has 2 heterocycles. The molecule has 3 fully saturated rings. The Bertz CT molecular complexity index is 1520. The highest BCUT2D eigenvalue weighted by Crippen LogP contribution is 2.66. The number of ether oxygens (including phenoxy) is 2. The zero-order valence-corrected chi connectivity index (χ0v) is 25.6. The Kier molecular flexibility index (Phi) is 6.68. The van der Waals surface area contributed by atoms with E-state index in [2.05, 4.69) is 23.5 Å². The first-order valence-corrected chi connectivity index (χ1v) is 17.2. The van der Waals surface area contributed by atoms with Crippen LogP contribution in [0.3, 0.4) is 0 Å². The van der Waals surface area contributed by atoms with Crippen molar-refractivity contribution in [2.45, 2.75) is 101 Å². The molecule has 5 aliphatic rings. The molecule has 3 aliphatic carbocycles. The highest BCUT2D eigenvalue weighted by molar-refractivity contribution is 7.88. The van der Waals surface area contributed by atoms with Gasteiger partial charge in [0.25, 0.3) is 0 Å². The second-order valence-electron chi connectivity index (χ2n) is 13.7. The van der Waals surface area contributed by atoms with Crippen LogP contribution in [0.2, 0.25) is 0 Å². The van der Waals surface area contributed by atoms with Crippen molar-refractivity contribution in [2.24, 2.45) is 11.8 Å². The molecule has 5 atom stereocenters. The van der Waals surface area contributed by atoms with Crippen molar-refractivity contribution in [1.29, 1.82) is 0 Å². The van der Waals surface area contributed by atoms with Gasteiger partial charge in [-0.3, -0.25) is 9.69 Å². The summed E-state index contributed by atoms with van der Waals surface area (Å²) in [6, 6.07) is 10.9. The van der Waals surface area contributed by atoms with E-state index in [1.165, 1.54) is 19.8 Å². The van der Waals surface area contributed by atoms with E-state index in [1.54, 1.807) is 6.07 Å². The third kappa shape index (κ3) is 4.37. The van der Waals surface area contributed by atoms with Crippen molar-refractivity contribution >= 4 is 16.0 Å². The van der Waals surface area contributed by atoms with Gasteiger partial charge in [0.2, 0.25) is 10.0 Å². The van der Waals surface area contributed by atoms with Gasteiger partial charge in [0.1, 0.15) is 11.7 Å². The van der Waals surface area contributed by atoms with Gasteiger partial charge in [0.05, 0.1) is 23.3 Å². The van der Waals surface area contributed by atoms with E-state index in [-0.39, 0.29) is 23.5 Å². The highest BCUT2D eigenvalue weighted by Gasteiger charge is 2.75. The quantitative estimate of drug-likeness (QED) is 0.419. The smallest absolute Gasteiger partial charge is 0.303 e. The van der Waals surface area contributed by atoms with Crippen LogP contribution >= 0.6 is 0 Å². The van der Waals surface area contributed by atoms with Crippen LogP contribution < -0.4 is 9.46 Å². The molecule has 1 saturated heterocycles. The lowest BCUT2D eigenvalue weighted by atomic mass is 9.48. The summed E-state index contributed by atoms with van der Waals surface area (Å²) in [4.78, 5) is 15.3. The van der Waals surface area contributed by atoms with Gasteiger partial charge >= 0.3 is 5.97 Å². The molecule has 8 nitrogen and oxygen atoms in total. The van der Waals surface area contributed by atoms with Gasteiger partial charge in [0, 0.05) is 19.0 Å². The van der Waals surface area contributed by atoms with E-state index in [0.717, 1.165) is 41.8 Å². The third-order valence-corrected chi connectivity index (χ3v) is 11.8. The number of piperidine rings is 1. The maximum absolute atomic E-state index is 13.8. The van der Waals surface area contributed by atoms with Gasteiger partial charge in [-0.05, 0) is 86.1 Å². The molecule has 226 valence electrons. The Balaban J connectivity index is 1.27. The monoisotopic (exact) mass is 594 g/mol. The Morgan fingerprint density at radius 1 is 1.14 bits per heavy atom. The minimum atomic E-state index is -3.74. The number of rotatable bonds is 9.